The van der Waals surface area contributed by atoms with E-state index < -0.39 is 76.2 Å². The van der Waals surface area contributed by atoms with Crippen molar-refractivity contribution in [3.63, 3.8) is 0 Å². The van der Waals surface area contributed by atoms with Crippen LogP contribution in [0.25, 0.3) is 0 Å². The maximum atomic E-state index is 15.2. The van der Waals surface area contributed by atoms with Crippen LogP contribution in [0.1, 0.15) is 30.4 Å². The molecule has 0 radical (unpaired) electrons. The number of nitrogens with one attached hydrogen (secondary N) is 1. The van der Waals surface area contributed by atoms with Crippen molar-refractivity contribution in [3.8, 4) is 5.75 Å². The molecule has 4 rings (SSSR count). The molecule has 2 aromatic rings. The second-order valence-corrected chi connectivity index (χ2v) is 12.2. The molecule has 14 heteroatoms. The molecule has 1 aliphatic carbocycles. The van der Waals surface area contributed by atoms with Crippen LogP contribution >= 0.6 is 0 Å². The fraction of sp³-hybridized carbons (Fsp3) is 0.429. The van der Waals surface area contributed by atoms with Gasteiger partial charge in [0.1, 0.15) is 10.6 Å². The highest BCUT2D eigenvalue weighted by atomic mass is 32.2. The maximum Gasteiger partial charge on any atom is 0.416 e. The van der Waals surface area contributed by atoms with Crippen LogP contribution in [0.4, 0.5) is 22.0 Å². The lowest BCUT2D eigenvalue weighted by atomic mass is 9.67. The van der Waals surface area contributed by atoms with Gasteiger partial charge in [-0.25, -0.2) is 27.1 Å². The Labute approximate surface area is 198 Å². The quantitative estimate of drug-likeness (QED) is 0.565. The molecule has 0 bridgehead atoms. The van der Waals surface area contributed by atoms with Crippen LogP contribution in [-0.4, -0.2) is 30.0 Å². The molecule has 1 saturated carbocycles. The third-order valence-corrected chi connectivity index (χ3v) is 9.83. The molecule has 1 aliphatic heterocycles. The van der Waals surface area contributed by atoms with Gasteiger partial charge >= 0.3 is 6.18 Å². The van der Waals surface area contributed by atoms with Crippen molar-refractivity contribution >= 4 is 20.0 Å². The largest absolute Gasteiger partial charge is 0.490 e. The standard InChI is InChI=1S/C21H21F5N2O5S2/c22-16-7-8-17(23)19-18(16)20(34(29,30)14-5-3-13(4-6-14)21(24,25)26)9-1-2-12(15(20)11-33-19)10-28-35(27,31)32/h3-8,12,15,28H,1-2,9-11H2,(H2,27,31,32)/t12-,15-,20-/m0/s1. The molecule has 0 amide bonds. The van der Waals surface area contributed by atoms with Crippen LogP contribution < -0.4 is 14.6 Å². The number of benzene rings is 2. The smallest absolute Gasteiger partial charge is 0.416 e. The normalized spacial score (nSPS) is 24.9. The minimum Gasteiger partial charge on any atom is -0.490 e. The van der Waals surface area contributed by atoms with E-state index in [-0.39, 0.29) is 26.0 Å². The van der Waals surface area contributed by atoms with Gasteiger partial charge in [0.05, 0.1) is 22.6 Å². The van der Waals surface area contributed by atoms with Crippen molar-refractivity contribution in [2.45, 2.75) is 35.1 Å². The topological polar surface area (TPSA) is 116 Å². The second-order valence-electron chi connectivity index (χ2n) is 8.61. The molecule has 35 heavy (non-hydrogen) atoms. The fourth-order valence-electron chi connectivity index (χ4n) is 5.19. The highest BCUT2D eigenvalue weighted by Gasteiger charge is 2.60. The van der Waals surface area contributed by atoms with Crippen LogP contribution in [0.3, 0.4) is 0 Å². The number of rotatable bonds is 5. The molecule has 2 aliphatic rings. The first-order valence-electron chi connectivity index (χ1n) is 10.5. The Morgan fingerprint density at radius 2 is 1.66 bits per heavy atom. The van der Waals surface area contributed by atoms with Crippen molar-refractivity contribution in [1.82, 2.24) is 4.72 Å². The Morgan fingerprint density at radius 1 is 1.03 bits per heavy atom. The Hall–Kier alpha value is -2.29. The molecule has 0 spiro atoms. The highest BCUT2D eigenvalue weighted by molar-refractivity contribution is 7.92. The van der Waals surface area contributed by atoms with Crippen molar-refractivity contribution in [2.75, 3.05) is 13.2 Å². The molecule has 1 fully saturated rings. The van der Waals surface area contributed by atoms with Gasteiger partial charge in [-0.2, -0.15) is 21.6 Å². The van der Waals surface area contributed by atoms with Gasteiger partial charge in [-0.05, 0) is 55.2 Å². The summed E-state index contributed by atoms with van der Waals surface area (Å²) in [6, 6.07) is 4.31. The number of hydrogen-bond acceptors (Lipinski definition) is 5. The van der Waals surface area contributed by atoms with Crippen LogP contribution in [-0.2, 0) is 31.0 Å². The SMILES string of the molecule is NS(=O)(=O)NC[C@@H]1CCC[C@@]2(S(=O)(=O)c3ccc(C(F)(F)F)cc3)c3c(F)ccc(F)c3OC[C@@H]12. The maximum absolute atomic E-state index is 15.2. The average molecular weight is 541 g/mol. The van der Waals surface area contributed by atoms with E-state index in [0.29, 0.717) is 18.6 Å². The van der Waals surface area contributed by atoms with E-state index in [1.54, 1.807) is 0 Å². The lowest BCUT2D eigenvalue weighted by molar-refractivity contribution is -0.137. The predicted molar refractivity (Wildman–Crippen MR) is 114 cm³/mol. The van der Waals surface area contributed by atoms with Crippen molar-refractivity contribution in [2.24, 2.45) is 17.0 Å². The van der Waals surface area contributed by atoms with E-state index in [9.17, 15) is 34.4 Å². The molecule has 192 valence electrons. The zero-order valence-corrected chi connectivity index (χ0v) is 19.6. The van der Waals surface area contributed by atoms with Crippen LogP contribution in [0.15, 0.2) is 41.3 Å². The molecule has 3 N–H and O–H groups in total. The number of sulfone groups is 1. The summed E-state index contributed by atoms with van der Waals surface area (Å²) in [7, 11) is -8.79. The molecule has 3 atom stereocenters. The van der Waals surface area contributed by atoms with Gasteiger partial charge in [-0.1, -0.05) is 6.42 Å². The summed E-state index contributed by atoms with van der Waals surface area (Å²) in [6.45, 7) is -0.673. The lowest BCUT2D eigenvalue weighted by Gasteiger charge is -2.50. The van der Waals surface area contributed by atoms with Crippen LogP contribution in [0.5, 0.6) is 5.75 Å². The Morgan fingerprint density at radius 3 is 2.26 bits per heavy atom. The number of halogens is 5. The number of nitrogens with two attached hydrogens (primary N) is 1. The number of hydrogen-bond donors (Lipinski definition) is 2. The summed E-state index contributed by atoms with van der Waals surface area (Å²) < 4.78 is 126. The zero-order valence-electron chi connectivity index (χ0n) is 18.0. The van der Waals surface area contributed by atoms with Gasteiger partial charge in [0.25, 0.3) is 10.2 Å². The van der Waals surface area contributed by atoms with E-state index >= 15 is 4.39 Å². The summed E-state index contributed by atoms with van der Waals surface area (Å²) in [5.74, 6) is -4.39. The van der Waals surface area contributed by atoms with Gasteiger partial charge in [-0.15, -0.1) is 0 Å². The Bertz CT molecular complexity index is 1350. The predicted octanol–water partition coefficient (Wildman–Crippen LogP) is 3.25. The first-order valence-corrected chi connectivity index (χ1v) is 13.5. The minimum absolute atomic E-state index is 0.177. The molecule has 7 nitrogen and oxygen atoms in total. The second kappa shape index (κ2) is 8.68. The van der Waals surface area contributed by atoms with Gasteiger partial charge in [0.15, 0.2) is 21.4 Å². The average Bonchev–Trinajstić information content (AvgIpc) is 2.78. The summed E-state index contributed by atoms with van der Waals surface area (Å²) >= 11 is 0. The van der Waals surface area contributed by atoms with Gasteiger partial charge in [0, 0.05) is 12.5 Å². The first kappa shape index (κ1) is 25.8. The molecule has 0 unspecified atom stereocenters. The fourth-order valence-corrected chi connectivity index (χ4v) is 8.08. The summed E-state index contributed by atoms with van der Waals surface area (Å²) in [4.78, 5) is -0.507. The number of fused-ring (bicyclic) bond motifs is 3. The first-order chi connectivity index (χ1) is 16.2. The van der Waals surface area contributed by atoms with E-state index in [1.165, 1.54) is 0 Å². The Balaban J connectivity index is 1.92. The minimum atomic E-state index is -4.71. The summed E-state index contributed by atoms with van der Waals surface area (Å²) in [5, 5.41) is 5.01. The third-order valence-electron chi connectivity index (χ3n) is 6.70. The van der Waals surface area contributed by atoms with Gasteiger partial charge < -0.3 is 4.74 Å². The van der Waals surface area contributed by atoms with Gasteiger partial charge in [-0.3, -0.25) is 0 Å². The van der Waals surface area contributed by atoms with Crippen molar-refractivity contribution < 1.29 is 43.5 Å². The van der Waals surface area contributed by atoms with E-state index in [0.717, 1.165) is 24.3 Å². The Kier molecular flexibility index (Phi) is 6.39. The zero-order chi connectivity index (χ0) is 25.8. The summed E-state index contributed by atoms with van der Waals surface area (Å²) in [6.07, 6.45) is -4.38. The highest BCUT2D eigenvalue weighted by Crippen LogP contribution is 2.58. The van der Waals surface area contributed by atoms with E-state index in [1.807, 2.05) is 0 Å². The monoisotopic (exact) mass is 540 g/mol. The molecule has 2 aromatic carbocycles. The van der Waals surface area contributed by atoms with E-state index in [4.69, 9.17) is 9.88 Å². The molecule has 0 saturated heterocycles. The summed E-state index contributed by atoms with van der Waals surface area (Å²) in [5.41, 5.74) is -1.62. The number of ether oxygens (including phenoxy) is 1. The van der Waals surface area contributed by atoms with Crippen LogP contribution in [0.2, 0.25) is 0 Å². The lowest BCUT2D eigenvalue weighted by Crippen LogP contribution is -2.56. The number of alkyl halides is 3. The van der Waals surface area contributed by atoms with Crippen LogP contribution in [0, 0.1) is 23.5 Å². The van der Waals surface area contributed by atoms with Gasteiger partial charge in [0.2, 0.25) is 0 Å². The molecule has 1 heterocycles. The molecular formula is C21H21F5N2O5S2. The third kappa shape index (κ3) is 4.41. The van der Waals surface area contributed by atoms with E-state index in [2.05, 4.69) is 4.72 Å². The van der Waals surface area contributed by atoms with Crippen molar-refractivity contribution in [1.29, 1.82) is 0 Å². The van der Waals surface area contributed by atoms with Crippen molar-refractivity contribution in [3.05, 3.63) is 59.2 Å². The molecule has 0 aromatic heterocycles. The molecular weight excluding hydrogens is 519 g/mol.